The van der Waals surface area contributed by atoms with Crippen LogP contribution >= 0.6 is 23.2 Å². The zero-order chi connectivity index (χ0) is 26.3. The summed E-state index contributed by atoms with van der Waals surface area (Å²) >= 11 is 12.7. The third kappa shape index (κ3) is 7.57. The van der Waals surface area contributed by atoms with Gasteiger partial charge in [-0.2, -0.15) is 12.7 Å². The summed E-state index contributed by atoms with van der Waals surface area (Å²) in [4.78, 5) is 27.8. The van der Waals surface area contributed by atoms with E-state index < -0.39 is 28.7 Å². The highest BCUT2D eigenvalue weighted by atomic mass is 35.5. The van der Waals surface area contributed by atoms with Crippen LogP contribution in [0.25, 0.3) is 0 Å². The molecule has 0 aliphatic heterocycles. The molecule has 2 amide bonds. The molecule has 35 heavy (non-hydrogen) atoms. The van der Waals surface area contributed by atoms with Gasteiger partial charge in [0.2, 0.25) is 11.8 Å². The summed E-state index contributed by atoms with van der Waals surface area (Å²) in [5.41, 5.74) is 0.789. The van der Waals surface area contributed by atoms with Crippen molar-refractivity contribution in [1.82, 2.24) is 14.5 Å². The fraction of sp³-hybridized carbons (Fsp3) is 0.417. The summed E-state index contributed by atoms with van der Waals surface area (Å²) < 4.78 is 28.2. The van der Waals surface area contributed by atoms with Crippen LogP contribution in [0.4, 0.5) is 5.69 Å². The Hall–Kier alpha value is -2.33. The Balaban J connectivity index is 2.46. The lowest BCUT2D eigenvalue weighted by Gasteiger charge is -2.33. The molecule has 2 aromatic rings. The first kappa shape index (κ1) is 28.9. The van der Waals surface area contributed by atoms with Crippen LogP contribution in [0.15, 0.2) is 48.5 Å². The molecule has 1 N–H and O–H groups in total. The summed E-state index contributed by atoms with van der Waals surface area (Å²) in [7, 11) is -1.23. The number of nitrogens with zero attached hydrogens (tertiary/aromatic N) is 3. The SMILES string of the molecule is CC(C)CNC(=O)C(C)N(Cc1c(Cl)cccc1Cl)C(=O)CN(c1ccccc1)S(=O)(=O)N(C)C. The highest BCUT2D eigenvalue weighted by Crippen LogP contribution is 2.27. The zero-order valence-corrected chi connectivity index (χ0v) is 22.9. The van der Waals surface area contributed by atoms with Crippen molar-refractivity contribution in [2.75, 3.05) is 31.5 Å². The minimum absolute atomic E-state index is 0.0712. The number of carbonyl (C=O) groups excluding carboxylic acids is 2. The van der Waals surface area contributed by atoms with Gasteiger partial charge in [0.1, 0.15) is 12.6 Å². The van der Waals surface area contributed by atoms with Gasteiger partial charge in [-0.1, -0.05) is 61.3 Å². The van der Waals surface area contributed by atoms with Crippen LogP contribution in [0.3, 0.4) is 0 Å². The molecule has 0 aliphatic rings. The molecule has 0 aromatic heterocycles. The minimum Gasteiger partial charge on any atom is -0.354 e. The number of hydrogen-bond acceptors (Lipinski definition) is 4. The van der Waals surface area contributed by atoms with Crippen LogP contribution in [0.2, 0.25) is 10.0 Å². The maximum Gasteiger partial charge on any atom is 0.304 e. The van der Waals surface area contributed by atoms with E-state index >= 15 is 0 Å². The summed E-state index contributed by atoms with van der Waals surface area (Å²) in [5.74, 6) is -0.730. The fourth-order valence-corrected chi connectivity index (χ4v) is 4.77. The zero-order valence-electron chi connectivity index (χ0n) is 20.5. The topological polar surface area (TPSA) is 90.0 Å². The van der Waals surface area contributed by atoms with Crippen molar-refractivity contribution >= 4 is 50.9 Å². The molecule has 0 aliphatic carbocycles. The molecule has 2 aromatic carbocycles. The molecule has 11 heteroatoms. The van der Waals surface area contributed by atoms with Crippen molar-refractivity contribution < 1.29 is 18.0 Å². The van der Waals surface area contributed by atoms with E-state index in [9.17, 15) is 18.0 Å². The molecule has 0 heterocycles. The number of amides is 2. The maximum absolute atomic E-state index is 13.6. The van der Waals surface area contributed by atoms with Gasteiger partial charge < -0.3 is 10.2 Å². The predicted molar refractivity (Wildman–Crippen MR) is 141 cm³/mol. The Morgan fingerprint density at radius 1 is 0.943 bits per heavy atom. The normalized spacial score (nSPS) is 12.5. The van der Waals surface area contributed by atoms with Crippen LogP contribution in [0.1, 0.15) is 26.3 Å². The molecule has 192 valence electrons. The van der Waals surface area contributed by atoms with Crippen molar-refractivity contribution in [2.24, 2.45) is 5.92 Å². The minimum atomic E-state index is -4.01. The van der Waals surface area contributed by atoms with Crippen molar-refractivity contribution in [3.63, 3.8) is 0 Å². The quantitative estimate of drug-likeness (QED) is 0.467. The summed E-state index contributed by atoms with van der Waals surface area (Å²) in [6.07, 6.45) is 0. The lowest BCUT2D eigenvalue weighted by Crippen LogP contribution is -2.52. The monoisotopic (exact) mass is 542 g/mol. The first-order chi connectivity index (χ1) is 16.4. The second-order valence-corrected chi connectivity index (χ2v) is 11.6. The van der Waals surface area contributed by atoms with Gasteiger partial charge in [-0.25, -0.2) is 4.31 Å². The molecule has 8 nitrogen and oxygen atoms in total. The van der Waals surface area contributed by atoms with E-state index in [0.717, 1.165) is 8.61 Å². The second-order valence-electron chi connectivity index (χ2n) is 8.67. The Morgan fingerprint density at radius 2 is 1.51 bits per heavy atom. The Bertz CT molecular complexity index is 1110. The average Bonchev–Trinajstić information content (AvgIpc) is 2.80. The molecule has 0 saturated carbocycles. The second kappa shape index (κ2) is 12.6. The summed E-state index contributed by atoms with van der Waals surface area (Å²) in [5, 5.41) is 3.50. The lowest BCUT2D eigenvalue weighted by atomic mass is 10.1. The molecule has 2 rings (SSSR count). The van der Waals surface area contributed by atoms with Gasteiger partial charge in [0, 0.05) is 42.8 Å². The third-order valence-electron chi connectivity index (χ3n) is 5.30. The van der Waals surface area contributed by atoms with Crippen LogP contribution in [0, 0.1) is 5.92 Å². The number of halogens is 2. The van der Waals surface area contributed by atoms with Crippen molar-refractivity contribution in [2.45, 2.75) is 33.4 Å². The number of hydrogen-bond donors (Lipinski definition) is 1. The summed E-state index contributed by atoms with van der Waals surface area (Å²) in [6.45, 7) is 5.35. The largest absolute Gasteiger partial charge is 0.354 e. The van der Waals surface area contributed by atoms with E-state index in [-0.39, 0.29) is 18.4 Å². The fourth-order valence-electron chi connectivity index (χ4n) is 3.20. The molecular weight excluding hydrogens is 511 g/mol. The Morgan fingerprint density at radius 3 is 2.03 bits per heavy atom. The van der Waals surface area contributed by atoms with Crippen LogP contribution in [-0.4, -0.2) is 62.7 Å². The van der Waals surface area contributed by atoms with Gasteiger partial charge in [0.05, 0.1) is 5.69 Å². The average molecular weight is 544 g/mol. The lowest BCUT2D eigenvalue weighted by molar-refractivity contribution is -0.139. The van der Waals surface area contributed by atoms with E-state index in [4.69, 9.17) is 23.2 Å². The first-order valence-electron chi connectivity index (χ1n) is 11.1. The predicted octanol–water partition coefficient (Wildman–Crippen LogP) is 3.80. The molecule has 0 saturated heterocycles. The first-order valence-corrected chi connectivity index (χ1v) is 13.3. The van der Waals surface area contributed by atoms with Crippen LogP contribution in [-0.2, 0) is 26.3 Å². The van der Waals surface area contributed by atoms with Gasteiger partial charge >= 0.3 is 10.2 Å². The van der Waals surface area contributed by atoms with Gasteiger partial charge in [0.15, 0.2) is 0 Å². The highest BCUT2D eigenvalue weighted by Gasteiger charge is 2.33. The van der Waals surface area contributed by atoms with Gasteiger partial charge in [-0.05, 0) is 37.1 Å². The molecule has 1 atom stereocenters. The molecule has 1 unspecified atom stereocenters. The number of para-hydroxylation sites is 1. The van der Waals surface area contributed by atoms with Gasteiger partial charge in [-0.3, -0.25) is 9.59 Å². The number of rotatable bonds is 11. The number of carbonyl (C=O) groups is 2. The van der Waals surface area contributed by atoms with E-state index in [0.29, 0.717) is 27.8 Å². The molecule has 0 bridgehead atoms. The van der Waals surface area contributed by atoms with E-state index in [1.807, 2.05) is 13.8 Å². The smallest absolute Gasteiger partial charge is 0.304 e. The third-order valence-corrected chi connectivity index (χ3v) is 7.83. The number of anilines is 1. The molecule has 0 radical (unpaired) electrons. The van der Waals surface area contributed by atoms with Crippen LogP contribution < -0.4 is 9.62 Å². The standard InChI is InChI=1S/C24H32Cl2N4O4S/c1-17(2)14-27-24(32)18(3)29(15-20-21(25)12-9-13-22(20)26)23(31)16-30(35(33,34)28(4)5)19-10-7-6-8-11-19/h6-13,17-18H,14-16H2,1-5H3,(H,27,32). The Labute approximate surface area is 218 Å². The van der Waals surface area contributed by atoms with Crippen LogP contribution in [0.5, 0.6) is 0 Å². The molecule has 0 spiro atoms. The highest BCUT2D eigenvalue weighted by molar-refractivity contribution is 7.90. The van der Waals surface area contributed by atoms with Crippen molar-refractivity contribution in [1.29, 1.82) is 0 Å². The van der Waals surface area contributed by atoms with Crippen molar-refractivity contribution in [3.8, 4) is 0 Å². The number of benzene rings is 2. The van der Waals surface area contributed by atoms with E-state index in [1.54, 1.807) is 55.5 Å². The summed E-state index contributed by atoms with van der Waals surface area (Å²) in [6, 6.07) is 12.4. The maximum atomic E-state index is 13.6. The molecular formula is C24H32Cl2N4O4S. The Kier molecular flexibility index (Phi) is 10.4. The van der Waals surface area contributed by atoms with E-state index in [2.05, 4.69) is 5.32 Å². The molecule has 0 fully saturated rings. The van der Waals surface area contributed by atoms with Gasteiger partial charge in [0.25, 0.3) is 0 Å². The van der Waals surface area contributed by atoms with E-state index in [1.165, 1.54) is 19.0 Å². The number of nitrogens with one attached hydrogen (secondary N) is 1. The van der Waals surface area contributed by atoms with Gasteiger partial charge in [-0.15, -0.1) is 0 Å². The van der Waals surface area contributed by atoms with Crippen molar-refractivity contribution in [3.05, 3.63) is 64.1 Å².